The maximum atomic E-state index is 13.6. The van der Waals surface area contributed by atoms with Crippen molar-refractivity contribution >= 4 is 44.8 Å². The van der Waals surface area contributed by atoms with Crippen molar-refractivity contribution in [2.75, 3.05) is 11.4 Å². The molecule has 0 aliphatic carbocycles. The number of hydrogen-bond acceptors (Lipinski definition) is 3. The summed E-state index contributed by atoms with van der Waals surface area (Å²) in [6, 6.07) is 21.1. The molecule has 1 heterocycles. The summed E-state index contributed by atoms with van der Waals surface area (Å²) in [4.78, 5) is 15.0. The average molecular weight is 489 g/mol. The van der Waals surface area contributed by atoms with Crippen molar-refractivity contribution in [2.24, 2.45) is 0 Å². The predicted molar refractivity (Wildman–Crippen MR) is 128 cm³/mol. The fraction of sp³-hybridized carbons (Fsp3) is 0.208. The molecule has 32 heavy (non-hydrogen) atoms. The number of halogens is 2. The molecule has 1 amide bonds. The fourth-order valence-electron chi connectivity index (χ4n) is 4.00. The van der Waals surface area contributed by atoms with E-state index in [-0.39, 0.29) is 40.0 Å². The summed E-state index contributed by atoms with van der Waals surface area (Å²) in [7, 11) is -4.10. The number of benzene rings is 3. The topological polar surface area (TPSA) is 57.7 Å². The largest absolute Gasteiger partial charge is 0.308 e. The number of anilines is 1. The summed E-state index contributed by atoms with van der Waals surface area (Å²) < 4.78 is 28.4. The molecular weight excluding hydrogens is 467 g/mol. The van der Waals surface area contributed by atoms with Crippen molar-refractivity contribution in [1.29, 1.82) is 0 Å². The minimum absolute atomic E-state index is 0.0294. The van der Waals surface area contributed by atoms with Gasteiger partial charge in [0.1, 0.15) is 4.90 Å². The summed E-state index contributed by atoms with van der Waals surface area (Å²) in [5.41, 5.74) is 2.66. The number of carbonyl (C=O) groups excluding carboxylic acids is 1. The standard InChI is InChI=1S/C24H22Cl2N2O3S/c1-17-13-19-9-5-6-10-22(19)28(17)24(29)16-27(15-18-7-3-2-4-8-18)32(30,31)23-14-20(25)11-12-21(23)26/h2-12,14,17H,13,15-16H2,1H3. The fourth-order valence-corrected chi connectivity index (χ4v) is 6.11. The Balaban J connectivity index is 1.70. The van der Waals surface area contributed by atoms with Gasteiger partial charge >= 0.3 is 0 Å². The van der Waals surface area contributed by atoms with Gasteiger partial charge in [0.25, 0.3) is 0 Å². The predicted octanol–water partition coefficient (Wildman–Crippen LogP) is 5.16. The molecule has 166 valence electrons. The average Bonchev–Trinajstić information content (AvgIpc) is 3.11. The first-order valence-electron chi connectivity index (χ1n) is 10.2. The Morgan fingerprint density at radius 1 is 1.03 bits per heavy atom. The molecule has 5 nitrogen and oxygen atoms in total. The van der Waals surface area contributed by atoms with E-state index in [0.717, 1.165) is 27.5 Å². The van der Waals surface area contributed by atoms with E-state index >= 15 is 0 Å². The third-order valence-electron chi connectivity index (χ3n) is 5.50. The van der Waals surface area contributed by atoms with Crippen LogP contribution in [0.4, 0.5) is 5.69 Å². The highest BCUT2D eigenvalue weighted by molar-refractivity contribution is 7.89. The lowest BCUT2D eigenvalue weighted by molar-refractivity contribution is -0.119. The molecule has 4 rings (SSSR count). The van der Waals surface area contributed by atoms with Gasteiger partial charge in [-0.3, -0.25) is 4.79 Å². The summed E-state index contributed by atoms with van der Waals surface area (Å²) in [6.07, 6.45) is 0.730. The number of amides is 1. The maximum Gasteiger partial charge on any atom is 0.245 e. The van der Waals surface area contributed by atoms with Crippen LogP contribution in [0.25, 0.3) is 0 Å². The highest BCUT2D eigenvalue weighted by Crippen LogP contribution is 2.33. The second kappa shape index (κ2) is 9.24. The van der Waals surface area contributed by atoms with Gasteiger partial charge in [0.05, 0.1) is 11.6 Å². The number of sulfonamides is 1. The molecule has 1 aliphatic heterocycles. The number of para-hydroxylation sites is 1. The zero-order valence-electron chi connectivity index (χ0n) is 17.4. The molecular formula is C24H22Cl2N2O3S. The summed E-state index contributed by atoms with van der Waals surface area (Å²) >= 11 is 12.3. The lowest BCUT2D eigenvalue weighted by Gasteiger charge is -2.28. The molecule has 0 bridgehead atoms. The minimum Gasteiger partial charge on any atom is -0.308 e. The smallest absolute Gasteiger partial charge is 0.245 e. The summed E-state index contributed by atoms with van der Waals surface area (Å²) in [6.45, 7) is 1.67. The van der Waals surface area contributed by atoms with Gasteiger partial charge in [0.15, 0.2) is 0 Å². The monoisotopic (exact) mass is 488 g/mol. The van der Waals surface area contributed by atoms with Crippen LogP contribution in [0.15, 0.2) is 77.7 Å². The van der Waals surface area contributed by atoms with Crippen LogP contribution in [-0.4, -0.2) is 31.2 Å². The van der Waals surface area contributed by atoms with Crippen molar-refractivity contribution in [3.05, 3.63) is 94.0 Å². The van der Waals surface area contributed by atoms with Crippen molar-refractivity contribution in [3.8, 4) is 0 Å². The molecule has 0 saturated carbocycles. The second-order valence-electron chi connectivity index (χ2n) is 7.78. The van der Waals surface area contributed by atoms with Gasteiger partial charge in [-0.1, -0.05) is 71.7 Å². The molecule has 0 spiro atoms. The minimum atomic E-state index is -4.10. The van der Waals surface area contributed by atoms with Crippen LogP contribution >= 0.6 is 23.2 Å². The van der Waals surface area contributed by atoms with Crippen LogP contribution in [0.3, 0.4) is 0 Å². The Kier molecular flexibility index (Phi) is 6.58. The van der Waals surface area contributed by atoms with Gasteiger partial charge in [0.2, 0.25) is 15.9 Å². The van der Waals surface area contributed by atoms with Crippen molar-refractivity contribution < 1.29 is 13.2 Å². The SMILES string of the molecule is CC1Cc2ccccc2N1C(=O)CN(Cc1ccccc1)S(=O)(=O)c1cc(Cl)ccc1Cl. The molecule has 0 N–H and O–H groups in total. The van der Waals surface area contributed by atoms with Crippen LogP contribution in [0.1, 0.15) is 18.1 Å². The van der Waals surface area contributed by atoms with Gasteiger partial charge in [-0.25, -0.2) is 8.42 Å². The lowest BCUT2D eigenvalue weighted by Crippen LogP contribution is -2.44. The Bertz CT molecular complexity index is 1250. The van der Waals surface area contributed by atoms with Gasteiger partial charge in [-0.2, -0.15) is 4.31 Å². The van der Waals surface area contributed by atoms with Crippen LogP contribution < -0.4 is 4.90 Å². The Morgan fingerprint density at radius 2 is 1.72 bits per heavy atom. The van der Waals surface area contributed by atoms with E-state index in [0.29, 0.717) is 0 Å². The van der Waals surface area contributed by atoms with Crippen LogP contribution in [0, 0.1) is 0 Å². The van der Waals surface area contributed by atoms with E-state index in [1.807, 2.05) is 61.5 Å². The third-order valence-corrected chi connectivity index (χ3v) is 8.01. The Labute approximate surface area is 198 Å². The quantitative estimate of drug-likeness (QED) is 0.481. The van der Waals surface area contributed by atoms with Crippen LogP contribution in [0.5, 0.6) is 0 Å². The third kappa shape index (κ3) is 4.55. The first-order chi connectivity index (χ1) is 15.3. The number of rotatable bonds is 6. The van der Waals surface area contributed by atoms with Crippen molar-refractivity contribution in [3.63, 3.8) is 0 Å². The van der Waals surface area contributed by atoms with Crippen LogP contribution in [0.2, 0.25) is 10.0 Å². The van der Waals surface area contributed by atoms with Crippen molar-refractivity contribution in [1.82, 2.24) is 4.31 Å². The molecule has 0 fully saturated rings. The molecule has 3 aromatic rings. The molecule has 1 unspecified atom stereocenters. The Morgan fingerprint density at radius 3 is 2.47 bits per heavy atom. The van der Waals surface area contributed by atoms with Gasteiger partial charge < -0.3 is 4.90 Å². The highest BCUT2D eigenvalue weighted by Gasteiger charge is 2.35. The van der Waals surface area contributed by atoms with E-state index in [1.54, 1.807) is 4.90 Å². The summed E-state index contributed by atoms with van der Waals surface area (Å²) in [5.74, 6) is -0.292. The van der Waals surface area contributed by atoms with Gasteiger partial charge in [-0.15, -0.1) is 0 Å². The first kappa shape index (κ1) is 22.8. The first-order valence-corrected chi connectivity index (χ1v) is 12.4. The number of nitrogens with zero attached hydrogens (tertiary/aromatic N) is 2. The molecule has 0 radical (unpaired) electrons. The van der Waals surface area contributed by atoms with E-state index in [9.17, 15) is 13.2 Å². The molecule has 8 heteroatoms. The zero-order chi connectivity index (χ0) is 22.9. The molecule has 0 aromatic heterocycles. The number of hydrogen-bond donors (Lipinski definition) is 0. The number of fused-ring (bicyclic) bond motifs is 1. The molecule has 3 aromatic carbocycles. The van der Waals surface area contributed by atoms with E-state index < -0.39 is 10.0 Å². The lowest BCUT2D eigenvalue weighted by atomic mass is 10.1. The van der Waals surface area contributed by atoms with Crippen molar-refractivity contribution in [2.45, 2.75) is 30.8 Å². The highest BCUT2D eigenvalue weighted by atomic mass is 35.5. The normalized spacial score (nSPS) is 15.8. The Hall–Kier alpha value is -2.38. The zero-order valence-corrected chi connectivity index (χ0v) is 19.7. The molecule has 0 saturated heterocycles. The van der Waals surface area contributed by atoms with E-state index in [2.05, 4.69) is 0 Å². The van der Waals surface area contributed by atoms with Gasteiger partial charge in [-0.05, 0) is 48.7 Å². The van der Waals surface area contributed by atoms with E-state index in [4.69, 9.17) is 23.2 Å². The molecule has 1 atom stereocenters. The van der Waals surface area contributed by atoms with Crippen LogP contribution in [-0.2, 0) is 27.8 Å². The summed E-state index contributed by atoms with van der Waals surface area (Å²) in [5, 5.41) is 0.306. The maximum absolute atomic E-state index is 13.6. The van der Waals surface area contributed by atoms with E-state index in [1.165, 1.54) is 18.2 Å². The van der Waals surface area contributed by atoms with Gasteiger partial charge in [0, 0.05) is 23.3 Å². The molecule has 1 aliphatic rings. The second-order valence-corrected chi connectivity index (χ2v) is 10.5. The number of carbonyl (C=O) groups is 1.